The fourth-order valence-corrected chi connectivity index (χ4v) is 3.80. The fraction of sp³-hybridized carbons (Fsp3) is 0.240. The molecule has 0 fully saturated rings. The lowest BCUT2D eigenvalue weighted by Crippen LogP contribution is -2.39. The standard InChI is InChI=1S/C25H24ClNO5/c1-15(24(29)30)11-22(27-23(28)19-9-10-20(13-19)25(31)32)12-16-5-7-17(8-6-16)18-3-2-4-21(26)14-18/h2-10,14-15,22H,11-13H2,1H3,(H,27,28)(H,29,30)(H,31,32)/t15-,22+/m1/s1. The van der Waals surface area contributed by atoms with E-state index in [1.807, 2.05) is 48.5 Å². The number of aliphatic carboxylic acids is 2. The zero-order valence-corrected chi connectivity index (χ0v) is 18.3. The van der Waals surface area contributed by atoms with Crippen LogP contribution in [0.4, 0.5) is 0 Å². The summed E-state index contributed by atoms with van der Waals surface area (Å²) in [5, 5.41) is 21.9. The van der Waals surface area contributed by atoms with Crippen LogP contribution in [-0.2, 0) is 20.8 Å². The van der Waals surface area contributed by atoms with E-state index in [0.717, 1.165) is 16.7 Å². The van der Waals surface area contributed by atoms with Gasteiger partial charge in [-0.25, -0.2) is 4.79 Å². The Morgan fingerprint density at radius 2 is 1.69 bits per heavy atom. The minimum Gasteiger partial charge on any atom is -0.481 e. The number of carboxylic acid groups (broad SMARTS) is 2. The van der Waals surface area contributed by atoms with Crippen molar-refractivity contribution in [3.8, 4) is 11.1 Å². The summed E-state index contributed by atoms with van der Waals surface area (Å²) in [7, 11) is 0. The minimum absolute atomic E-state index is 0.0523. The van der Waals surface area contributed by atoms with Gasteiger partial charge in [0.05, 0.1) is 5.92 Å². The predicted molar refractivity (Wildman–Crippen MR) is 122 cm³/mol. The van der Waals surface area contributed by atoms with E-state index in [1.165, 1.54) is 12.2 Å². The number of hydrogen-bond acceptors (Lipinski definition) is 3. The van der Waals surface area contributed by atoms with Crippen molar-refractivity contribution in [2.24, 2.45) is 5.92 Å². The summed E-state index contributed by atoms with van der Waals surface area (Å²) >= 11 is 6.07. The van der Waals surface area contributed by atoms with Crippen molar-refractivity contribution >= 4 is 29.4 Å². The van der Waals surface area contributed by atoms with Crippen LogP contribution in [0.15, 0.2) is 71.8 Å². The lowest BCUT2D eigenvalue weighted by Gasteiger charge is -2.21. The number of carboxylic acids is 2. The molecule has 2 atom stereocenters. The molecule has 3 N–H and O–H groups in total. The third kappa shape index (κ3) is 6.08. The lowest BCUT2D eigenvalue weighted by atomic mass is 9.94. The molecule has 7 heteroatoms. The second-order valence-electron chi connectivity index (χ2n) is 7.92. The summed E-state index contributed by atoms with van der Waals surface area (Å²) in [6.45, 7) is 1.60. The van der Waals surface area contributed by atoms with E-state index < -0.39 is 23.9 Å². The molecule has 0 unspecified atom stereocenters. The Bertz CT molecular complexity index is 1090. The maximum absolute atomic E-state index is 12.7. The highest BCUT2D eigenvalue weighted by Crippen LogP contribution is 2.24. The van der Waals surface area contributed by atoms with E-state index in [0.29, 0.717) is 17.0 Å². The average Bonchev–Trinajstić information content (AvgIpc) is 3.25. The Labute approximate surface area is 191 Å². The van der Waals surface area contributed by atoms with Gasteiger partial charge in [-0.2, -0.15) is 0 Å². The predicted octanol–water partition coefficient (Wildman–Crippen LogP) is 4.49. The highest BCUT2D eigenvalue weighted by atomic mass is 35.5. The van der Waals surface area contributed by atoms with Gasteiger partial charge in [-0.05, 0) is 41.7 Å². The zero-order valence-electron chi connectivity index (χ0n) is 17.5. The summed E-state index contributed by atoms with van der Waals surface area (Å²) in [6.07, 6.45) is 3.67. The minimum atomic E-state index is -1.06. The lowest BCUT2D eigenvalue weighted by molar-refractivity contribution is -0.141. The molecule has 0 saturated heterocycles. The van der Waals surface area contributed by atoms with Gasteiger partial charge in [0.1, 0.15) is 0 Å². The molecule has 1 amide bonds. The van der Waals surface area contributed by atoms with Crippen LogP contribution in [0, 0.1) is 5.92 Å². The van der Waals surface area contributed by atoms with E-state index in [9.17, 15) is 19.5 Å². The van der Waals surface area contributed by atoms with Gasteiger partial charge in [-0.15, -0.1) is 0 Å². The first-order chi connectivity index (χ1) is 15.2. The Hall–Kier alpha value is -3.38. The van der Waals surface area contributed by atoms with Crippen LogP contribution in [0.5, 0.6) is 0 Å². The molecule has 1 aliphatic rings. The Balaban J connectivity index is 1.71. The number of halogens is 1. The van der Waals surface area contributed by atoms with Crippen molar-refractivity contribution < 1.29 is 24.6 Å². The molecule has 1 aliphatic carbocycles. The van der Waals surface area contributed by atoms with Crippen molar-refractivity contribution in [1.82, 2.24) is 5.32 Å². The van der Waals surface area contributed by atoms with E-state index in [4.69, 9.17) is 16.7 Å². The van der Waals surface area contributed by atoms with Crippen LogP contribution in [0.1, 0.15) is 25.3 Å². The quantitative estimate of drug-likeness (QED) is 0.519. The summed E-state index contributed by atoms with van der Waals surface area (Å²) in [5.41, 5.74) is 3.44. The maximum Gasteiger partial charge on any atom is 0.331 e. The monoisotopic (exact) mass is 453 g/mol. The largest absolute Gasteiger partial charge is 0.481 e. The molecule has 2 aromatic rings. The van der Waals surface area contributed by atoms with Crippen molar-refractivity contribution in [2.45, 2.75) is 32.2 Å². The number of rotatable bonds is 9. The molecular weight excluding hydrogens is 430 g/mol. The second-order valence-corrected chi connectivity index (χ2v) is 8.36. The first kappa shape index (κ1) is 23.3. The third-order valence-electron chi connectivity index (χ3n) is 5.42. The van der Waals surface area contributed by atoms with Gasteiger partial charge in [0, 0.05) is 28.6 Å². The molecule has 166 valence electrons. The molecule has 32 heavy (non-hydrogen) atoms. The highest BCUT2D eigenvalue weighted by Gasteiger charge is 2.24. The SMILES string of the molecule is C[C@H](C[C@@H](Cc1ccc(-c2cccc(Cl)c2)cc1)NC(=O)C1=CC=C(C(=O)O)C1)C(=O)O. The smallest absolute Gasteiger partial charge is 0.331 e. The first-order valence-corrected chi connectivity index (χ1v) is 10.6. The van der Waals surface area contributed by atoms with E-state index in [1.54, 1.807) is 6.92 Å². The fourth-order valence-electron chi connectivity index (χ4n) is 3.61. The molecule has 0 aliphatic heterocycles. The van der Waals surface area contributed by atoms with E-state index >= 15 is 0 Å². The van der Waals surface area contributed by atoms with Crippen molar-refractivity contribution in [1.29, 1.82) is 0 Å². The van der Waals surface area contributed by atoms with E-state index in [2.05, 4.69) is 5.32 Å². The van der Waals surface area contributed by atoms with Crippen molar-refractivity contribution in [2.75, 3.05) is 0 Å². The van der Waals surface area contributed by atoms with Gasteiger partial charge in [0.15, 0.2) is 0 Å². The van der Waals surface area contributed by atoms with Crippen LogP contribution in [-0.4, -0.2) is 34.1 Å². The number of carbonyl (C=O) groups excluding carboxylic acids is 1. The summed E-state index contributed by atoms with van der Waals surface area (Å²) in [5.74, 6) is -3.01. The maximum atomic E-state index is 12.7. The topological polar surface area (TPSA) is 104 Å². The van der Waals surface area contributed by atoms with Crippen molar-refractivity contribution in [3.05, 3.63) is 82.4 Å². The van der Waals surface area contributed by atoms with Crippen LogP contribution in [0.25, 0.3) is 11.1 Å². The number of hydrogen-bond donors (Lipinski definition) is 3. The molecule has 0 bridgehead atoms. The zero-order chi connectivity index (χ0) is 23.3. The number of allylic oxidation sites excluding steroid dienone is 2. The Morgan fingerprint density at radius 3 is 2.28 bits per heavy atom. The molecule has 0 radical (unpaired) electrons. The van der Waals surface area contributed by atoms with Crippen molar-refractivity contribution in [3.63, 3.8) is 0 Å². The molecule has 3 rings (SSSR count). The number of benzene rings is 2. The van der Waals surface area contributed by atoms with Crippen LogP contribution < -0.4 is 5.32 Å². The molecule has 0 saturated carbocycles. The van der Waals surface area contributed by atoms with Gasteiger partial charge < -0.3 is 15.5 Å². The number of carbonyl (C=O) groups is 3. The molecule has 0 heterocycles. The molecule has 0 spiro atoms. The summed E-state index contributed by atoms with van der Waals surface area (Å²) < 4.78 is 0. The third-order valence-corrected chi connectivity index (χ3v) is 5.66. The van der Waals surface area contributed by atoms with E-state index in [-0.39, 0.29) is 24.3 Å². The van der Waals surface area contributed by atoms with Crippen LogP contribution in [0.3, 0.4) is 0 Å². The highest BCUT2D eigenvalue weighted by molar-refractivity contribution is 6.30. The molecule has 0 aromatic heterocycles. The number of amides is 1. The van der Waals surface area contributed by atoms with Gasteiger partial charge in [0.25, 0.3) is 0 Å². The Morgan fingerprint density at radius 1 is 1.00 bits per heavy atom. The van der Waals surface area contributed by atoms with Gasteiger partial charge >= 0.3 is 11.9 Å². The average molecular weight is 454 g/mol. The molecule has 6 nitrogen and oxygen atoms in total. The van der Waals surface area contributed by atoms with Crippen LogP contribution in [0.2, 0.25) is 5.02 Å². The van der Waals surface area contributed by atoms with Gasteiger partial charge in [-0.1, -0.05) is 67.1 Å². The molecule has 2 aromatic carbocycles. The normalized spacial score (nSPS) is 14.8. The number of nitrogens with one attached hydrogen (secondary N) is 1. The van der Waals surface area contributed by atoms with Gasteiger partial charge in [0.2, 0.25) is 5.91 Å². The Kier molecular flexibility index (Phi) is 7.49. The first-order valence-electron chi connectivity index (χ1n) is 10.2. The molecular formula is C25H24ClNO5. The summed E-state index contributed by atoms with van der Waals surface area (Å²) in [4.78, 5) is 35.1. The second kappa shape index (κ2) is 10.3. The summed E-state index contributed by atoms with van der Waals surface area (Å²) in [6, 6.07) is 14.9. The van der Waals surface area contributed by atoms with Crippen LogP contribution >= 0.6 is 11.6 Å². The van der Waals surface area contributed by atoms with Gasteiger partial charge in [-0.3, -0.25) is 9.59 Å².